The van der Waals surface area contributed by atoms with E-state index in [-0.39, 0.29) is 12.6 Å². The van der Waals surface area contributed by atoms with Crippen molar-refractivity contribution in [2.75, 3.05) is 6.61 Å². The second-order valence-electron chi connectivity index (χ2n) is 5.03. The molecule has 0 saturated heterocycles. The summed E-state index contributed by atoms with van der Waals surface area (Å²) in [5, 5.41) is 0. The predicted octanol–water partition coefficient (Wildman–Crippen LogP) is 3.01. The molecule has 0 aromatic heterocycles. The van der Waals surface area contributed by atoms with Crippen molar-refractivity contribution in [1.82, 2.24) is 0 Å². The van der Waals surface area contributed by atoms with Gasteiger partial charge in [0, 0.05) is 6.42 Å². The minimum absolute atomic E-state index is 0.0123. The smallest absolute Gasteiger partial charge is 0.337 e. The Morgan fingerprint density at radius 2 is 1.78 bits per heavy atom. The van der Waals surface area contributed by atoms with Crippen LogP contribution in [0.3, 0.4) is 0 Å². The zero-order valence-electron chi connectivity index (χ0n) is 12.0. The summed E-state index contributed by atoms with van der Waals surface area (Å²) in [6, 6.07) is 0. The zero-order chi connectivity index (χ0) is 14.2. The average Bonchev–Trinajstić information content (AvgIpc) is 2.26. The molecule has 0 unspecified atom stereocenters. The van der Waals surface area contributed by atoms with Gasteiger partial charge in [-0.2, -0.15) is 0 Å². The molecule has 18 heavy (non-hydrogen) atoms. The van der Waals surface area contributed by atoms with Gasteiger partial charge in [0.2, 0.25) is 0 Å². The van der Waals surface area contributed by atoms with E-state index in [4.69, 9.17) is 9.47 Å². The summed E-state index contributed by atoms with van der Waals surface area (Å²) in [7, 11) is 0. The Kier molecular flexibility index (Phi) is 7.32. The zero-order valence-corrected chi connectivity index (χ0v) is 12.0. The third-order valence-electron chi connectivity index (χ3n) is 2.02. The maximum absolute atomic E-state index is 11.9. The minimum Gasteiger partial charge on any atom is -0.461 e. The van der Waals surface area contributed by atoms with Gasteiger partial charge in [-0.25, -0.2) is 4.79 Å². The molecule has 0 aliphatic rings. The molecule has 0 aliphatic heterocycles. The van der Waals surface area contributed by atoms with E-state index in [1.165, 1.54) is 0 Å². The first kappa shape index (κ1) is 16.7. The summed E-state index contributed by atoms with van der Waals surface area (Å²) in [5.74, 6) is -0.735. The Hall–Kier alpha value is -1.32. The first-order valence-electron chi connectivity index (χ1n) is 6.38. The molecule has 0 aliphatic carbocycles. The van der Waals surface area contributed by atoms with Crippen LogP contribution in [0.15, 0.2) is 11.6 Å². The van der Waals surface area contributed by atoms with Gasteiger partial charge in [0.05, 0.1) is 5.57 Å². The number of carbonyl (C=O) groups excluding carboxylic acids is 2. The van der Waals surface area contributed by atoms with E-state index < -0.39 is 11.6 Å². The fourth-order valence-corrected chi connectivity index (χ4v) is 1.12. The standard InChI is InChI=1S/C14H24O4/c1-6-8-9-11(10-17-12(15)7-2)13(16)18-14(3,4)5/h9H,6-8,10H2,1-5H3. The van der Waals surface area contributed by atoms with E-state index in [9.17, 15) is 9.59 Å². The van der Waals surface area contributed by atoms with Gasteiger partial charge in [-0.1, -0.05) is 26.3 Å². The summed E-state index contributed by atoms with van der Waals surface area (Å²) < 4.78 is 10.2. The van der Waals surface area contributed by atoms with Crippen LogP contribution in [0, 0.1) is 0 Å². The van der Waals surface area contributed by atoms with Crippen LogP contribution in [0.5, 0.6) is 0 Å². The molecule has 0 fully saturated rings. The molecule has 4 heteroatoms. The van der Waals surface area contributed by atoms with Crippen molar-refractivity contribution in [3.05, 3.63) is 11.6 Å². The molecule has 0 N–H and O–H groups in total. The molecule has 0 atom stereocenters. The lowest BCUT2D eigenvalue weighted by molar-refractivity contribution is -0.151. The van der Waals surface area contributed by atoms with E-state index in [1.807, 2.05) is 6.92 Å². The van der Waals surface area contributed by atoms with Crippen molar-refractivity contribution < 1.29 is 19.1 Å². The third kappa shape index (κ3) is 7.87. The van der Waals surface area contributed by atoms with Gasteiger partial charge in [0.25, 0.3) is 0 Å². The van der Waals surface area contributed by atoms with E-state index in [0.717, 1.165) is 12.8 Å². The Labute approximate surface area is 109 Å². The Morgan fingerprint density at radius 1 is 1.17 bits per heavy atom. The highest BCUT2D eigenvalue weighted by Crippen LogP contribution is 2.12. The maximum atomic E-state index is 11.9. The molecule has 0 radical (unpaired) electrons. The van der Waals surface area contributed by atoms with E-state index in [1.54, 1.807) is 33.8 Å². The van der Waals surface area contributed by atoms with Gasteiger partial charge in [-0.05, 0) is 27.2 Å². The highest BCUT2D eigenvalue weighted by atomic mass is 16.6. The number of esters is 2. The predicted molar refractivity (Wildman–Crippen MR) is 70.1 cm³/mol. The first-order chi connectivity index (χ1) is 8.30. The second-order valence-corrected chi connectivity index (χ2v) is 5.03. The molecule has 0 spiro atoms. The maximum Gasteiger partial charge on any atom is 0.337 e. The van der Waals surface area contributed by atoms with Gasteiger partial charge in [-0.3, -0.25) is 4.79 Å². The molecule has 0 rings (SSSR count). The monoisotopic (exact) mass is 256 g/mol. The van der Waals surface area contributed by atoms with Crippen molar-refractivity contribution in [2.45, 2.75) is 59.5 Å². The lowest BCUT2D eigenvalue weighted by atomic mass is 10.1. The quantitative estimate of drug-likeness (QED) is 0.541. The lowest BCUT2D eigenvalue weighted by Crippen LogP contribution is -2.26. The fraction of sp³-hybridized carbons (Fsp3) is 0.714. The Bertz CT molecular complexity index is 310. The van der Waals surface area contributed by atoms with E-state index in [0.29, 0.717) is 12.0 Å². The molecular weight excluding hydrogens is 232 g/mol. The number of carbonyl (C=O) groups is 2. The van der Waals surface area contributed by atoms with Crippen molar-refractivity contribution in [3.8, 4) is 0 Å². The van der Waals surface area contributed by atoms with Crippen LogP contribution in [0.4, 0.5) is 0 Å². The van der Waals surface area contributed by atoms with Crippen LogP contribution in [0.2, 0.25) is 0 Å². The summed E-state index contributed by atoms with van der Waals surface area (Å²) in [6.07, 6.45) is 3.76. The van der Waals surface area contributed by atoms with Crippen LogP contribution in [-0.2, 0) is 19.1 Å². The van der Waals surface area contributed by atoms with Crippen LogP contribution in [-0.4, -0.2) is 24.1 Å². The highest BCUT2D eigenvalue weighted by molar-refractivity contribution is 5.89. The molecule has 0 amide bonds. The van der Waals surface area contributed by atoms with Crippen LogP contribution in [0.1, 0.15) is 53.9 Å². The fourth-order valence-electron chi connectivity index (χ4n) is 1.12. The third-order valence-corrected chi connectivity index (χ3v) is 2.02. The molecule has 4 nitrogen and oxygen atoms in total. The van der Waals surface area contributed by atoms with Crippen molar-refractivity contribution in [3.63, 3.8) is 0 Å². The minimum atomic E-state index is -0.544. The average molecular weight is 256 g/mol. The van der Waals surface area contributed by atoms with E-state index >= 15 is 0 Å². The number of ether oxygens (including phenoxy) is 2. The molecule has 0 aromatic rings. The van der Waals surface area contributed by atoms with Gasteiger partial charge in [-0.15, -0.1) is 0 Å². The first-order valence-corrected chi connectivity index (χ1v) is 6.38. The number of allylic oxidation sites excluding steroid dienone is 1. The Morgan fingerprint density at radius 3 is 2.22 bits per heavy atom. The van der Waals surface area contributed by atoms with Gasteiger partial charge < -0.3 is 9.47 Å². The SMILES string of the molecule is CCCC=C(COC(=O)CC)C(=O)OC(C)(C)C. The molecule has 104 valence electrons. The normalized spacial score (nSPS) is 12.2. The van der Waals surface area contributed by atoms with Crippen LogP contribution in [0.25, 0.3) is 0 Å². The van der Waals surface area contributed by atoms with Crippen molar-refractivity contribution >= 4 is 11.9 Å². The van der Waals surface area contributed by atoms with Crippen molar-refractivity contribution in [2.24, 2.45) is 0 Å². The highest BCUT2D eigenvalue weighted by Gasteiger charge is 2.20. The lowest BCUT2D eigenvalue weighted by Gasteiger charge is -2.20. The summed E-state index contributed by atoms with van der Waals surface area (Å²) in [6.45, 7) is 9.13. The second kappa shape index (κ2) is 7.90. The molecular formula is C14H24O4. The van der Waals surface area contributed by atoms with Crippen LogP contribution < -0.4 is 0 Å². The number of rotatable bonds is 6. The molecule has 0 aromatic carbocycles. The van der Waals surface area contributed by atoms with Gasteiger partial charge >= 0.3 is 11.9 Å². The molecule has 0 saturated carbocycles. The number of hydrogen-bond donors (Lipinski definition) is 0. The van der Waals surface area contributed by atoms with E-state index in [2.05, 4.69) is 0 Å². The summed E-state index contributed by atoms with van der Waals surface area (Å²) in [5.41, 5.74) is -0.134. The number of hydrogen-bond acceptors (Lipinski definition) is 4. The van der Waals surface area contributed by atoms with Gasteiger partial charge in [0.15, 0.2) is 0 Å². The van der Waals surface area contributed by atoms with Crippen molar-refractivity contribution in [1.29, 1.82) is 0 Å². The summed E-state index contributed by atoms with van der Waals surface area (Å²) in [4.78, 5) is 23.0. The Balaban J connectivity index is 4.58. The molecule has 0 bridgehead atoms. The van der Waals surface area contributed by atoms with Gasteiger partial charge in [0.1, 0.15) is 12.2 Å². The largest absolute Gasteiger partial charge is 0.461 e. The summed E-state index contributed by atoms with van der Waals surface area (Å²) >= 11 is 0. The molecule has 0 heterocycles. The van der Waals surface area contributed by atoms with Crippen LogP contribution >= 0.6 is 0 Å². The topological polar surface area (TPSA) is 52.6 Å². The number of unbranched alkanes of at least 4 members (excludes halogenated alkanes) is 1.